The van der Waals surface area contributed by atoms with E-state index in [1.54, 1.807) is 0 Å². The molecule has 0 saturated heterocycles. The molecule has 0 unspecified atom stereocenters. The molecule has 3 N–H and O–H groups in total. The van der Waals surface area contributed by atoms with Crippen LogP contribution in [0.1, 0.15) is 32.4 Å². The second-order valence-corrected chi connectivity index (χ2v) is 5.22. The Hall–Kier alpha value is -1.13. The highest BCUT2D eigenvalue weighted by Gasteiger charge is 2.30. The fraction of sp³-hybridized carbons (Fsp3) is 0.538. The summed E-state index contributed by atoms with van der Waals surface area (Å²) >= 11 is 0. The average molecular weight is 241 g/mol. The molecule has 0 aliphatic rings. The molecule has 1 aromatic carbocycles. The van der Waals surface area contributed by atoms with Gasteiger partial charge in [-0.3, -0.25) is 0 Å². The Balaban J connectivity index is 3.10. The number of methoxy groups -OCH3 is 1. The smallest absolute Gasteiger partial charge is 0.123 e. The molecule has 0 radical (unpaired) electrons. The molecule has 3 nitrogen and oxygen atoms in total. The Morgan fingerprint density at radius 2 is 1.94 bits per heavy atom. The van der Waals surface area contributed by atoms with Crippen LogP contribution in [-0.4, -0.2) is 18.3 Å². The number of rotatable bonds is 3. The minimum atomic E-state index is -0.779. The Kier molecular flexibility index (Phi) is 4.11. The van der Waals surface area contributed by atoms with Crippen LogP contribution in [0, 0.1) is 11.2 Å². The van der Waals surface area contributed by atoms with Crippen LogP contribution >= 0.6 is 0 Å². The number of hydrogen-bond donors (Lipinski definition) is 2. The highest BCUT2D eigenvalue weighted by molar-refractivity contribution is 5.37. The standard InChI is InChI=1S/C13H20FNO2/c1-13(2,3)12(16)11(15)9-7-8(14)5-6-10(9)17-4/h5-7,11-12,16H,15H2,1-4H3/t11-,12-/m1/s1. The summed E-state index contributed by atoms with van der Waals surface area (Å²) in [7, 11) is 1.49. The third kappa shape index (κ3) is 3.17. The van der Waals surface area contributed by atoms with E-state index in [-0.39, 0.29) is 5.41 Å². The van der Waals surface area contributed by atoms with Crippen molar-refractivity contribution in [2.75, 3.05) is 7.11 Å². The first-order chi connectivity index (χ1) is 7.77. The van der Waals surface area contributed by atoms with E-state index in [0.29, 0.717) is 11.3 Å². The van der Waals surface area contributed by atoms with E-state index in [1.807, 2.05) is 20.8 Å². The van der Waals surface area contributed by atoms with E-state index in [2.05, 4.69) is 0 Å². The van der Waals surface area contributed by atoms with Crippen molar-refractivity contribution in [2.45, 2.75) is 32.9 Å². The summed E-state index contributed by atoms with van der Waals surface area (Å²) in [5.41, 5.74) is 6.08. The second kappa shape index (κ2) is 5.02. The molecule has 0 spiro atoms. The number of aliphatic hydroxyl groups is 1. The maximum Gasteiger partial charge on any atom is 0.123 e. The quantitative estimate of drug-likeness (QED) is 0.853. The van der Waals surface area contributed by atoms with E-state index in [9.17, 15) is 9.50 Å². The van der Waals surface area contributed by atoms with Crippen LogP contribution in [0.25, 0.3) is 0 Å². The molecule has 0 saturated carbocycles. The third-order valence-electron chi connectivity index (χ3n) is 2.78. The number of benzene rings is 1. The van der Waals surface area contributed by atoms with Gasteiger partial charge in [0, 0.05) is 5.56 Å². The van der Waals surface area contributed by atoms with Gasteiger partial charge in [-0.1, -0.05) is 20.8 Å². The van der Waals surface area contributed by atoms with E-state index in [0.717, 1.165) is 0 Å². The molecule has 0 aliphatic carbocycles. The Bertz CT molecular complexity index is 387. The molecule has 0 aliphatic heterocycles. The topological polar surface area (TPSA) is 55.5 Å². The van der Waals surface area contributed by atoms with Gasteiger partial charge < -0.3 is 15.6 Å². The predicted molar refractivity (Wildman–Crippen MR) is 65.3 cm³/mol. The Morgan fingerprint density at radius 1 is 1.35 bits per heavy atom. The van der Waals surface area contributed by atoms with Gasteiger partial charge in [0.15, 0.2) is 0 Å². The molecule has 0 aromatic heterocycles. The summed E-state index contributed by atoms with van der Waals surface area (Å²) < 4.78 is 18.3. The highest BCUT2D eigenvalue weighted by atomic mass is 19.1. The first-order valence-corrected chi connectivity index (χ1v) is 5.54. The highest BCUT2D eigenvalue weighted by Crippen LogP contribution is 2.33. The molecule has 0 amide bonds. The lowest BCUT2D eigenvalue weighted by atomic mass is 9.82. The number of nitrogens with two attached hydrogens (primary N) is 1. The molecule has 0 bridgehead atoms. The summed E-state index contributed by atoms with van der Waals surface area (Å²) in [5, 5.41) is 10.1. The first kappa shape index (κ1) is 13.9. The van der Waals surface area contributed by atoms with Gasteiger partial charge in [0.1, 0.15) is 11.6 Å². The maximum atomic E-state index is 13.2. The van der Waals surface area contributed by atoms with Gasteiger partial charge in [0.25, 0.3) is 0 Å². The molecule has 1 aromatic rings. The zero-order valence-electron chi connectivity index (χ0n) is 10.7. The molecule has 96 valence electrons. The minimum Gasteiger partial charge on any atom is -0.496 e. The largest absolute Gasteiger partial charge is 0.496 e. The van der Waals surface area contributed by atoms with Gasteiger partial charge in [-0.15, -0.1) is 0 Å². The lowest BCUT2D eigenvalue weighted by Gasteiger charge is -2.31. The van der Waals surface area contributed by atoms with Crippen molar-refractivity contribution in [1.29, 1.82) is 0 Å². The van der Waals surface area contributed by atoms with Crippen molar-refractivity contribution in [3.05, 3.63) is 29.6 Å². The molecule has 2 atom stereocenters. The lowest BCUT2D eigenvalue weighted by Crippen LogP contribution is -2.37. The van der Waals surface area contributed by atoms with Gasteiger partial charge in [-0.2, -0.15) is 0 Å². The molecule has 0 fully saturated rings. The van der Waals surface area contributed by atoms with Crippen molar-refractivity contribution in [1.82, 2.24) is 0 Å². The Labute approximate surface area is 101 Å². The summed E-state index contributed by atoms with van der Waals surface area (Å²) in [5.74, 6) is 0.0968. The monoisotopic (exact) mass is 241 g/mol. The first-order valence-electron chi connectivity index (χ1n) is 5.54. The SMILES string of the molecule is COc1ccc(F)cc1[C@@H](N)[C@@H](O)C(C)(C)C. The minimum absolute atomic E-state index is 0.378. The fourth-order valence-electron chi connectivity index (χ4n) is 1.67. The molecule has 1 rings (SSSR count). The number of ether oxygens (including phenoxy) is 1. The van der Waals surface area contributed by atoms with Gasteiger partial charge in [-0.05, 0) is 23.6 Å². The Morgan fingerprint density at radius 3 is 2.41 bits per heavy atom. The maximum absolute atomic E-state index is 13.2. The van der Waals surface area contributed by atoms with E-state index in [1.165, 1.54) is 25.3 Å². The zero-order valence-corrected chi connectivity index (χ0v) is 10.7. The van der Waals surface area contributed by atoms with Gasteiger partial charge in [-0.25, -0.2) is 4.39 Å². The van der Waals surface area contributed by atoms with E-state index >= 15 is 0 Å². The summed E-state index contributed by atoms with van der Waals surface area (Å²) in [6, 6.07) is 3.44. The number of hydrogen-bond acceptors (Lipinski definition) is 3. The fourth-order valence-corrected chi connectivity index (χ4v) is 1.67. The van der Waals surface area contributed by atoms with Crippen LogP contribution in [0.4, 0.5) is 4.39 Å². The third-order valence-corrected chi connectivity index (χ3v) is 2.78. The molecule has 0 heterocycles. The summed E-state index contributed by atoms with van der Waals surface area (Å²) in [4.78, 5) is 0. The van der Waals surface area contributed by atoms with Crippen molar-refractivity contribution in [2.24, 2.45) is 11.1 Å². The van der Waals surface area contributed by atoms with E-state index in [4.69, 9.17) is 10.5 Å². The molecular weight excluding hydrogens is 221 g/mol. The van der Waals surface area contributed by atoms with Crippen LogP contribution in [0.3, 0.4) is 0 Å². The molecule has 4 heteroatoms. The normalized spacial score (nSPS) is 15.5. The zero-order chi connectivity index (χ0) is 13.2. The van der Waals surface area contributed by atoms with Gasteiger partial charge in [0.2, 0.25) is 0 Å². The predicted octanol–water partition coefficient (Wildman–Crippen LogP) is 2.24. The average Bonchev–Trinajstić information content (AvgIpc) is 2.25. The van der Waals surface area contributed by atoms with Crippen LogP contribution in [0.5, 0.6) is 5.75 Å². The van der Waals surface area contributed by atoms with Crippen LogP contribution in [0.2, 0.25) is 0 Å². The van der Waals surface area contributed by atoms with E-state index < -0.39 is 18.0 Å². The van der Waals surface area contributed by atoms with Crippen molar-refractivity contribution in [3.63, 3.8) is 0 Å². The summed E-state index contributed by atoms with van der Waals surface area (Å²) in [6.07, 6.45) is -0.779. The molecule has 17 heavy (non-hydrogen) atoms. The van der Waals surface area contributed by atoms with Crippen molar-refractivity contribution in [3.8, 4) is 5.75 Å². The van der Waals surface area contributed by atoms with Gasteiger partial charge in [0.05, 0.1) is 19.3 Å². The lowest BCUT2D eigenvalue weighted by molar-refractivity contribution is 0.0394. The van der Waals surface area contributed by atoms with Crippen LogP contribution < -0.4 is 10.5 Å². The molecular formula is C13H20FNO2. The second-order valence-electron chi connectivity index (χ2n) is 5.22. The van der Waals surface area contributed by atoms with Crippen molar-refractivity contribution < 1.29 is 14.2 Å². The van der Waals surface area contributed by atoms with Crippen molar-refractivity contribution >= 4 is 0 Å². The number of halogens is 1. The van der Waals surface area contributed by atoms with Crippen LogP contribution in [0.15, 0.2) is 18.2 Å². The number of aliphatic hydroxyl groups excluding tert-OH is 1. The summed E-state index contributed by atoms with van der Waals surface area (Å²) in [6.45, 7) is 5.63. The van der Waals surface area contributed by atoms with Crippen LogP contribution in [-0.2, 0) is 0 Å². The van der Waals surface area contributed by atoms with Gasteiger partial charge >= 0.3 is 0 Å².